The van der Waals surface area contributed by atoms with Crippen molar-refractivity contribution in [3.63, 3.8) is 0 Å². The molecule has 0 aromatic heterocycles. The number of fused-ring (bicyclic) bond motifs is 4. The van der Waals surface area contributed by atoms with Gasteiger partial charge in [-0.05, 0) is 12.1 Å². The maximum atomic E-state index is 12.3. The summed E-state index contributed by atoms with van der Waals surface area (Å²) in [4.78, 5) is 17.7. The molecular weight excluding hydrogens is 270 g/mol. The lowest BCUT2D eigenvalue weighted by Crippen LogP contribution is -2.48. The second-order valence-corrected chi connectivity index (χ2v) is 5.21. The van der Waals surface area contributed by atoms with Crippen LogP contribution >= 0.6 is 11.6 Å². The van der Waals surface area contributed by atoms with Crippen LogP contribution in [0.1, 0.15) is 5.56 Å². The molecule has 0 aliphatic carbocycles. The van der Waals surface area contributed by atoms with Gasteiger partial charge in [-0.15, -0.1) is 0 Å². The lowest BCUT2D eigenvalue weighted by atomic mass is 9.85. The molecule has 98 valence electrons. The van der Waals surface area contributed by atoms with Gasteiger partial charge in [0.2, 0.25) is 12.1 Å². The summed E-state index contributed by atoms with van der Waals surface area (Å²) in [5, 5.41) is 4.71. The minimum absolute atomic E-state index is 0.120. The van der Waals surface area contributed by atoms with Gasteiger partial charge in [0.05, 0.1) is 6.61 Å². The van der Waals surface area contributed by atoms with E-state index in [0.29, 0.717) is 17.3 Å². The minimum atomic E-state index is -0.773. The fourth-order valence-corrected chi connectivity index (χ4v) is 2.84. The van der Waals surface area contributed by atoms with Gasteiger partial charge in [0.25, 0.3) is 0 Å². The topological polar surface area (TPSA) is 57.1 Å². The number of hydrogen-bond acceptors (Lipinski definition) is 5. The van der Waals surface area contributed by atoms with Gasteiger partial charge in [-0.3, -0.25) is 4.79 Å². The van der Waals surface area contributed by atoms with Crippen molar-refractivity contribution in [3.8, 4) is 0 Å². The highest BCUT2D eigenvalue weighted by molar-refractivity contribution is 6.30. The first-order valence-electron chi connectivity index (χ1n) is 6.04. The number of carbonyl (C=O) groups excluding carboxylic acids is 1. The monoisotopic (exact) mass is 279 g/mol. The second kappa shape index (κ2) is 4.03. The van der Waals surface area contributed by atoms with Gasteiger partial charge in [-0.25, -0.2) is 0 Å². The van der Waals surface area contributed by atoms with Crippen LogP contribution in [0.25, 0.3) is 0 Å². The van der Waals surface area contributed by atoms with Gasteiger partial charge in [-0.1, -0.05) is 28.9 Å². The van der Waals surface area contributed by atoms with E-state index in [2.05, 4.69) is 5.16 Å². The zero-order chi connectivity index (χ0) is 13.0. The summed E-state index contributed by atoms with van der Waals surface area (Å²) < 4.78 is 10.7. The summed E-state index contributed by atoms with van der Waals surface area (Å²) in [6.07, 6.45) is -1.37. The average molecular weight is 280 g/mol. The fourth-order valence-electron chi connectivity index (χ4n) is 2.71. The van der Waals surface area contributed by atoms with Crippen LogP contribution in [0.5, 0.6) is 0 Å². The van der Waals surface area contributed by atoms with Crippen LogP contribution in [-0.2, 0) is 19.1 Å². The first-order valence-corrected chi connectivity index (χ1v) is 6.42. The number of rotatable bonds is 1. The van der Waals surface area contributed by atoms with Crippen molar-refractivity contribution < 1.29 is 19.1 Å². The summed E-state index contributed by atoms with van der Waals surface area (Å²) in [6, 6.07) is 7.19. The normalized spacial score (nSPS) is 35.8. The summed E-state index contributed by atoms with van der Waals surface area (Å²) >= 11 is 5.86. The number of ketones is 1. The third kappa shape index (κ3) is 1.62. The molecule has 0 saturated carbocycles. The summed E-state index contributed by atoms with van der Waals surface area (Å²) in [7, 11) is 0. The van der Waals surface area contributed by atoms with E-state index in [-0.39, 0.29) is 18.0 Å². The molecule has 0 unspecified atom stereocenters. The minimum Gasteiger partial charge on any atom is -0.388 e. The largest absolute Gasteiger partial charge is 0.388 e. The Bertz CT molecular complexity index is 571. The van der Waals surface area contributed by atoms with Gasteiger partial charge < -0.3 is 14.3 Å². The second-order valence-electron chi connectivity index (χ2n) is 4.77. The van der Waals surface area contributed by atoms with E-state index in [1.165, 1.54) is 0 Å². The first kappa shape index (κ1) is 11.4. The molecule has 4 rings (SSSR count). The summed E-state index contributed by atoms with van der Waals surface area (Å²) in [5.74, 6) is -0.530. The molecule has 0 spiro atoms. The van der Waals surface area contributed by atoms with Crippen molar-refractivity contribution in [3.05, 3.63) is 34.9 Å². The maximum Gasteiger partial charge on any atom is 0.219 e. The van der Waals surface area contributed by atoms with Crippen molar-refractivity contribution in [2.24, 2.45) is 11.1 Å². The van der Waals surface area contributed by atoms with Crippen molar-refractivity contribution >= 4 is 23.1 Å². The number of hydrogen-bond donors (Lipinski definition) is 0. The highest BCUT2D eigenvalue weighted by Gasteiger charge is 2.56. The van der Waals surface area contributed by atoms with Crippen LogP contribution < -0.4 is 0 Å². The van der Waals surface area contributed by atoms with Crippen LogP contribution in [0.4, 0.5) is 0 Å². The molecule has 3 aliphatic rings. The van der Waals surface area contributed by atoms with Gasteiger partial charge in [0.15, 0.2) is 6.10 Å². The van der Waals surface area contributed by atoms with Crippen LogP contribution in [0.15, 0.2) is 29.4 Å². The smallest absolute Gasteiger partial charge is 0.219 e. The van der Waals surface area contributed by atoms with Crippen molar-refractivity contribution in [2.45, 2.75) is 18.5 Å². The van der Waals surface area contributed by atoms with Crippen molar-refractivity contribution in [1.82, 2.24) is 0 Å². The molecule has 3 heterocycles. The van der Waals surface area contributed by atoms with E-state index in [1.54, 1.807) is 12.1 Å². The predicted molar refractivity (Wildman–Crippen MR) is 66.0 cm³/mol. The van der Waals surface area contributed by atoms with Gasteiger partial charge in [-0.2, -0.15) is 0 Å². The van der Waals surface area contributed by atoms with Crippen molar-refractivity contribution in [1.29, 1.82) is 0 Å². The molecule has 2 bridgehead atoms. The molecule has 6 heteroatoms. The molecule has 2 fully saturated rings. The molecule has 1 aromatic carbocycles. The van der Waals surface area contributed by atoms with Crippen molar-refractivity contribution in [2.75, 3.05) is 6.61 Å². The quantitative estimate of drug-likeness (QED) is 0.779. The van der Waals surface area contributed by atoms with Gasteiger partial charge in [0.1, 0.15) is 17.7 Å². The van der Waals surface area contributed by atoms with Gasteiger partial charge in [0, 0.05) is 10.6 Å². The number of halogens is 1. The Morgan fingerprint density at radius 1 is 1.26 bits per heavy atom. The highest BCUT2D eigenvalue weighted by atomic mass is 35.5. The molecule has 4 atom stereocenters. The van der Waals surface area contributed by atoms with Gasteiger partial charge >= 0.3 is 0 Å². The Kier molecular flexibility index (Phi) is 2.42. The van der Waals surface area contributed by atoms with E-state index in [1.807, 2.05) is 12.1 Å². The molecule has 0 radical (unpaired) electrons. The van der Waals surface area contributed by atoms with Crippen LogP contribution in [0.3, 0.4) is 0 Å². The molecule has 3 aliphatic heterocycles. The van der Waals surface area contributed by atoms with Crippen LogP contribution in [-0.4, -0.2) is 36.6 Å². The first-order chi connectivity index (χ1) is 9.24. The third-order valence-electron chi connectivity index (χ3n) is 3.65. The number of benzene rings is 1. The zero-order valence-corrected chi connectivity index (χ0v) is 10.5. The number of Topliss-reactive ketones (excluding diaryl/α,β-unsaturated/α-hetero) is 1. The Labute approximate surface area is 114 Å². The third-order valence-corrected chi connectivity index (χ3v) is 3.90. The zero-order valence-electron chi connectivity index (χ0n) is 9.78. The van der Waals surface area contributed by atoms with E-state index in [4.69, 9.17) is 25.9 Å². The molecule has 0 N–H and O–H groups in total. The Morgan fingerprint density at radius 3 is 2.84 bits per heavy atom. The van der Waals surface area contributed by atoms with Crippen LogP contribution in [0.2, 0.25) is 5.02 Å². The Hall–Kier alpha value is -1.43. The lowest BCUT2D eigenvalue weighted by molar-refractivity contribution is -0.169. The number of nitrogens with zero attached hydrogens (tertiary/aromatic N) is 1. The predicted octanol–water partition coefficient (Wildman–Crippen LogP) is 1.38. The molecule has 19 heavy (non-hydrogen) atoms. The molecule has 2 saturated heterocycles. The van der Waals surface area contributed by atoms with E-state index < -0.39 is 12.2 Å². The average Bonchev–Trinajstić information content (AvgIpc) is 3.03. The maximum absolute atomic E-state index is 12.3. The Balaban J connectivity index is 1.71. The molecule has 0 amide bonds. The molecular formula is C13H10ClNO4. The molecule has 5 nitrogen and oxygen atoms in total. The number of oxime groups is 1. The Morgan fingerprint density at radius 2 is 2.05 bits per heavy atom. The van der Waals surface area contributed by atoms with E-state index >= 15 is 0 Å². The van der Waals surface area contributed by atoms with E-state index in [0.717, 1.165) is 5.56 Å². The van der Waals surface area contributed by atoms with Crippen LogP contribution in [0, 0.1) is 5.92 Å². The molecule has 1 aromatic rings. The highest BCUT2D eigenvalue weighted by Crippen LogP contribution is 2.37. The van der Waals surface area contributed by atoms with E-state index in [9.17, 15) is 4.79 Å². The SMILES string of the molecule is O=C1[C@@H]2OC[C@H](O2)[C@@H]2ON=C(c3ccc(Cl)cc3)[C@H]12. The summed E-state index contributed by atoms with van der Waals surface area (Å²) in [5.41, 5.74) is 1.47. The standard InChI is InChI=1S/C13H10ClNO4/c14-7-3-1-6(2-4-7)10-9-11(16)13-17-5-8(18-13)12(9)19-15-10/h1-4,8-9,12-13H,5H2/t8-,9+,12-,13+/m0/s1. The fraction of sp³-hybridized carbons (Fsp3) is 0.385. The number of carbonyl (C=O) groups is 1. The lowest BCUT2D eigenvalue weighted by Gasteiger charge is -2.27. The summed E-state index contributed by atoms with van der Waals surface area (Å²) in [6.45, 7) is 0.376. The number of ether oxygens (including phenoxy) is 2.